The number of ether oxygens (including phenoxy) is 1. The Bertz CT molecular complexity index is 356. The minimum Gasteiger partial charge on any atom is -0.396 e. The fourth-order valence-electron chi connectivity index (χ4n) is 0.643. The number of pyridine rings is 1. The van der Waals surface area contributed by atoms with E-state index in [-0.39, 0.29) is 10.7 Å². The molecule has 78 valence electrons. The normalized spacial score (nSPS) is 11.5. The van der Waals surface area contributed by atoms with Gasteiger partial charge in [-0.3, -0.25) is 0 Å². The zero-order valence-electron chi connectivity index (χ0n) is 6.40. The molecule has 0 radical (unpaired) electrons. The van der Waals surface area contributed by atoms with Crippen molar-refractivity contribution in [2.45, 2.75) is 6.36 Å². The lowest BCUT2D eigenvalue weighted by molar-refractivity contribution is -0.276. The van der Waals surface area contributed by atoms with E-state index in [0.717, 1.165) is 6.20 Å². The minimum absolute atomic E-state index is 0.0220. The van der Waals surface area contributed by atoms with Gasteiger partial charge in [-0.25, -0.2) is 4.98 Å². The van der Waals surface area contributed by atoms with Crippen molar-refractivity contribution in [2.24, 2.45) is 0 Å². The summed E-state index contributed by atoms with van der Waals surface area (Å²) in [6.45, 7) is 0. The van der Waals surface area contributed by atoms with E-state index in [1.54, 1.807) is 0 Å². The summed E-state index contributed by atoms with van der Waals surface area (Å²) in [6, 6.07) is 0. The van der Waals surface area contributed by atoms with Crippen LogP contribution in [0.3, 0.4) is 0 Å². The average Bonchev–Trinajstić information content (AvgIpc) is 2.04. The summed E-state index contributed by atoms with van der Waals surface area (Å²) >= 11 is 10.9. The predicted octanol–water partition coefficient (Wildman–Crippen LogP) is 2.87. The topological polar surface area (TPSA) is 48.1 Å². The Kier molecular flexibility index (Phi) is 2.96. The Morgan fingerprint density at radius 2 is 1.86 bits per heavy atom. The van der Waals surface area contributed by atoms with Crippen molar-refractivity contribution in [1.29, 1.82) is 0 Å². The third kappa shape index (κ3) is 2.55. The van der Waals surface area contributed by atoms with E-state index in [0.29, 0.717) is 0 Å². The highest BCUT2D eigenvalue weighted by Crippen LogP contribution is 2.36. The second-order valence-corrected chi connectivity index (χ2v) is 2.95. The molecule has 1 rings (SSSR count). The van der Waals surface area contributed by atoms with Crippen molar-refractivity contribution >= 4 is 28.9 Å². The van der Waals surface area contributed by atoms with E-state index in [1.807, 2.05) is 0 Å². The summed E-state index contributed by atoms with van der Waals surface area (Å²) < 4.78 is 38.8. The van der Waals surface area contributed by atoms with Crippen LogP contribution < -0.4 is 10.5 Å². The van der Waals surface area contributed by atoms with Crippen LogP contribution in [0.25, 0.3) is 0 Å². The number of nitrogens with two attached hydrogens (primary N) is 1. The first kappa shape index (κ1) is 11.2. The van der Waals surface area contributed by atoms with E-state index in [2.05, 4.69) is 9.72 Å². The molecule has 0 atom stereocenters. The summed E-state index contributed by atoms with van der Waals surface area (Å²) in [6.07, 6.45) is -3.94. The number of halogens is 5. The van der Waals surface area contributed by atoms with Crippen molar-refractivity contribution in [2.75, 3.05) is 5.73 Å². The number of anilines is 1. The van der Waals surface area contributed by atoms with Crippen molar-refractivity contribution in [3.05, 3.63) is 16.2 Å². The number of aromatic nitrogens is 1. The standard InChI is InChI=1S/C6H3Cl2F3N2O/c7-3-2(12)1-13-5(4(3)8)14-6(9,10)11/h1H,12H2. The molecule has 0 amide bonds. The van der Waals surface area contributed by atoms with Gasteiger partial charge in [0, 0.05) is 0 Å². The quantitative estimate of drug-likeness (QED) is 0.829. The fraction of sp³-hybridized carbons (Fsp3) is 0.167. The van der Waals surface area contributed by atoms with Gasteiger partial charge in [0.2, 0.25) is 5.88 Å². The average molecular weight is 247 g/mol. The SMILES string of the molecule is Nc1cnc(OC(F)(F)F)c(Cl)c1Cl. The third-order valence-corrected chi connectivity index (χ3v) is 2.02. The maximum atomic E-state index is 11.8. The lowest BCUT2D eigenvalue weighted by Gasteiger charge is -2.10. The molecule has 0 saturated heterocycles. The molecular formula is C6H3Cl2F3N2O. The molecule has 1 heterocycles. The van der Waals surface area contributed by atoms with Crippen LogP contribution >= 0.6 is 23.2 Å². The second-order valence-electron chi connectivity index (χ2n) is 2.19. The molecule has 0 aliphatic heterocycles. The summed E-state index contributed by atoms with van der Waals surface area (Å²) in [4.78, 5) is 3.24. The molecule has 0 spiro atoms. The number of nitrogens with zero attached hydrogens (tertiary/aromatic N) is 1. The van der Waals surface area contributed by atoms with Gasteiger partial charge in [0.1, 0.15) is 5.02 Å². The number of rotatable bonds is 1. The number of hydrogen-bond acceptors (Lipinski definition) is 3. The second kappa shape index (κ2) is 3.70. The molecule has 1 aromatic rings. The number of alkyl halides is 3. The van der Waals surface area contributed by atoms with Gasteiger partial charge in [-0.05, 0) is 0 Å². The third-order valence-electron chi connectivity index (χ3n) is 1.17. The zero-order valence-corrected chi connectivity index (χ0v) is 7.91. The van der Waals surface area contributed by atoms with Crippen LogP contribution in [0.1, 0.15) is 0 Å². The maximum absolute atomic E-state index is 11.8. The van der Waals surface area contributed by atoms with Gasteiger partial charge >= 0.3 is 6.36 Å². The molecule has 0 aliphatic rings. The monoisotopic (exact) mass is 246 g/mol. The highest BCUT2D eigenvalue weighted by atomic mass is 35.5. The Labute approximate surface area is 86.6 Å². The molecule has 0 fully saturated rings. The molecule has 2 N–H and O–H groups in total. The van der Waals surface area contributed by atoms with Crippen molar-refractivity contribution in [1.82, 2.24) is 4.98 Å². The van der Waals surface area contributed by atoms with Gasteiger partial charge in [0.05, 0.1) is 16.9 Å². The van der Waals surface area contributed by atoms with Crippen molar-refractivity contribution in [3.63, 3.8) is 0 Å². The van der Waals surface area contributed by atoms with Crippen LogP contribution in [0.4, 0.5) is 18.9 Å². The van der Waals surface area contributed by atoms with E-state index >= 15 is 0 Å². The largest absolute Gasteiger partial charge is 0.574 e. The molecule has 0 aromatic carbocycles. The van der Waals surface area contributed by atoms with Crippen LogP contribution in [-0.2, 0) is 0 Å². The number of hydrogen-bond donors (Lipinski definition) is 1. The summed E-state index contributed by atoms with van der Waals surface area (Å²) in [5.74, 6) is -0.821. The Hall–Kier alpha value is -0.880. The first-order valence-corrected chi connectivity index (χ1v) is 3.92. The summed E-state index contributed by atoms with van der Waals surface area (Å²) in [5, 5.41) is -0.690. The predicted molar refractivity (Wildman–Crippen MR) is 45.4 cm³/mol. The molecule has 0 bridgehead atoms. The van der Waals surface area contributed by atoms with E-state index < -0.39 is 17.3 Å². The first-order chi connectivity index (χ1) is 6.31. The zero-order chi connectivity index (χ0) is 10.9. The van der Waals surface area contributed by atoms with E-state index in [4.69, 9.17) is 28.9 Å². The van der Waals surface area contributed by atoms with Crippen LogP contribution in [-0.4, -0.2) is 11.3 Å². The molecule has 1 aromatic heterocycles. The lowest BCUT2D eigenvalue weighted by atomic mass is 10.4. The maximum Gasteiger partial charge on any atom is 0.574 e. The molecule has 0 unspecified atom stereocenters. The van der Waals surface area contributed by atoms with Gasteiger partial charge in [0.15, 0.2) is 0 Å². The number of nitrogen functional groups attached to an aromatic ring is 1. The van der Waals surface area contributed by atoms with Crippen molar-refractivity contribution in [3.8, 4) is 5.88 Å². The van der Waals surface area contributed by atoms with Gasteiger partial charge in [-0.15, -0.1) is 13.2 Å². The van der Waals surface area contributed by atoms with Crippen LogP contribution in [0.15, 0.2) is 6.20 Å². The van der Waals surface area contributed by atoms with Gasteiger partial charge in [-0.2, -0.15) is 0 Å². The van der Waals surface area contributed by atoms with Gasteiger partial charge < -0.3 is 10.5 Å². The summed E-state index contributed by atoms with van der Waals surface area (Å²) in [5.41, 5.74) is 5.22. The van der Waals surface area contributed by atoms with Gasteiger partial charge in [-0.1, -0.05) is 23.2 Å². The smallest absolute Gasteiger partial charge is 0.396 e. The molecular weight excluding hydrogens is 244 g/mol. The highest BCUT2D eigenvalue weighted by Gasteiger charge is 2.33. The Morgan fingerprint density at radius 3 is 2.36 bits per heavy atom. The fourth-order valence-corrected chi connectivity index (χ4v) is 0.969. The van der Waals surface area contributed by atoms with Gasteiger partial charge in [0.25, 0.3) is 0 Å². The Balaban J connectivity index is 3.06. The Morgan fingerprint density at radius 1 is 1.29 bits per heavy atom. The molecule has 0 aliphatic carbocycles. The van der Waals surface area contributed by atoms with Crippen LogP contribution in [0, 0.1) is 0 Å². The minimum atomic E-state index is -4.86. The molecule has 14 heavy (non-hydrogen) atoms. The molecule has 8 heteroatoms. The lowest BCUT2D eigenvalue weighted by Crippen LogP contribution is -2.18. The van der Waals surface area contributed by atoms with Crippen molar-refractivity contribution < 1.29 is 17.9 Å². The van der Waals surface area contributed by atoms with E-state index in [1.165, 1.54) is 0 Å². The molecule has 0 saturated carbocycles. The van der Waals surface area contributed by atoms with Crippen LogP contribution in [0.2, 0.25) is 10.0 Å². The van der Waals surface area contributed by atoms with E-state index in [9.17, 15) is 13.2 Å². The first-order valence-electron chi connectivity index (χ1n) is 3.16. The highest BCUT2D eigenvalue weighted by molar-refractivity contribution is 6.44. The summed E-state index contributed by atoms with van der Waals surface area (Å²) in [7, 11) is 0. The van der Waals surface area contributed by atoms with Crippen LogP contribution in [0.5, 0.6) is 5.88 Å². The molecule has 3 nitrogen and oxygen atoms in total.